The van der Waals surface area contributed by atoms with E-state index >= 15 is 0 Å². The maximum atomic E-state index is 4.74. The normalized spacial score (nSPS) is 12.8. The molecule has 1 heterocycles. The summed E-state index contributed by atoms with van der Waals surface area (Å²) >= 11 is 0. The van der Waals surface area contributed by atoms with Crippen LogP contribution in [0.15, 0.2) is 30.3 Å². The van der Waals surface area contributed by atoms with Crippen molar-refractivity contribution in [2.45, 2.75) is 13.8 Å². The van der Waals surface area contributed by atoms with Crippen molar-refractivity contribution >= 4 is 33.8 Å². The average molecular weight is 231 g/mol. The molecule has 1 aliphatic carbocycles. The van der Waals surface area contributed by atoms with Gasteiger partial charge in [-0.15, -0.1) is 0 Å². The van der Waals surface area contributed by atoms with E-state index in [0.29, 0.717) is 0 Å². The van der Waals surface area contributed by atoms with Gasteiger partial charge in [0, 0.05) is 16.6 Å². The van der Waals surface area contributed by atoms with Gasteiger partial charge < -0.3 is 0 Å². The Hall–Kier alpha value is -2.15. The number of nitrogens with zero attached hydrogens (tertiary/aromatic N) is 1. The Bertz CT molecular complexity index is 841. The first kappa shape index (κ1) is 9.84. The van der Waals surface area contributed by atoms with E-state index in [4.69, 9.17) is 4.98 Å². The molecule has 0 saturated heterocycles. The molecular formula is C17H13N. The fourth-order valence-corrected chi connectivity index (χ4v) is 3.00. The van der Waals surface area contributed by atoms with Crippen molar-refractivity contribution in [3.05, 3.63) is 52.7 Å². The van der Waals surface area contributed by atoms with Crippen molar-refractivity contribution < 1.29 is 0 Å². The Labute approximate surface area is 106 Å². The van der Waals surface area contributed by atoms with Gasteiger partial charge in [0.25, 0.3) is 0 Å². The van der Waals surface area contributed by atoms with E-state index in [2.05, 4.69) is 56.3 Å². The molecule has 86 valence electrons. The zero-order chi connectivity index (χ0) is 12.3. The molecule has 2 aromatic carbocycles. The monoisotopic (exact) mass is 231 g/mol. The van der Waals surface area contributed by atoms with Crippen LogP contribution in [0, 0.1) is 13.8 Å². The molecule has 0 radical (unpaired) electrons. The Morgan fingerprint density at radius 1 is 1.00 bits per heavy atom. The van der Waals surface area contributed by atoms with E-state index < -0.39 is 0 Å². The lowest BCUT2D eigenvalue weighted by Crippen LogP contribution is -1.91. The third-order valence-electron chi connectivity index (χ3n) is 3.78. The predicted octanol–water partition coefficient (Wildman–Crippen LogP) is 4.49. The van der Waals surface area contributed by atoms with E-state index in [9.17, 15) is 0 Å². The van der Waals surface area contributed by atoms with Crippen LogP contribution in [-0.2, 0) is 0 Å². The topological polar surface area (TPSA) is 12.9 Å². The largest absolute Gasteiger partial charge is 0.252 e. The Balaban J connectivity index is 2.34. The van der Waals surface area contributed by atoms with E-state index in [0.717, 1.165) is 11.2 Å². The highest BCUT2D eigenvalue weighted by Gasteiger charge is 2.14. The number of benzene rings is 2. The zero-order valence-electron chi connectivity index (χ0n) is 10.5. The van der Waals surface area contributed by atoms with Crippen LogP contribution in [0.1, 0.15) is 22.4 Å². The van der Waals surface area contributed by atoms with Crippen LogP contribution in [0.25, 0.3) is 33.8 Å². The molecule has 0 atom stereocenters. The van der Waals surface area contributed by atoms with E-state index in [1.54, 1.807) is 0 Å². The fraction of sp³-hybridized carbons (Fsp3) is 0.118. The number of aryl methyl sites for hydroxylation is 2. The molecule has 0 bridgehead atoms. The highest BCUT2D eigenvalue weighted by molar-refractivity contribution is 6.14. The molecule has 0 N–H and O–H groups in total. The van der Waals surface area contributed by atoms with Crippen molar-refractivity contribution in [2.24, 2.45) is 0 Å². The summed E-state index contributed by atoms with van der Waals surface area (Å²) in [7, 11) is 0. The van der Waals surface area contributed by atoms with Crippen molar-refractivity contribution in [1.82, 2.24) is 4.98 Å². The lowest BCUT2D eigenvalue weighted by Gasteiger charge is -2.09. The van der Waals surface area contributed by atoms with Crippen LogP contribution in [0.4, 0.5) is 0 Å². The highest BCUT2D eigenvalue weighted by Crippen LogP contribution is 2.36. The minimum absolute atomic E-state index is 1.09. The quantitative estimate of drug-likeness (QED) is 0.406. The molecule has 18 heavy (non-hydrogen) atoms. The maximum Gasteiger partial charge on any atom is 0.0786 e. The summed E-state index contributed by atoms with van der Waals surface area (Å²) in [4.78, 5) is 4.74. The average Bonchev–Trinajstić information content (AvgIpc) is 2.77. The lowest BCUT2D eigenvalue weighted by atomic mass is 9.98. The van der Waals surface area contributed by atoms with Gasteiger partial charge in [0.1, 0.15) is 0 Å². The molecule has 1 heteroatoms. The van der Waals surface area contributed by atoms with E-state index in [1.807, 2.05) is 0 Å². The SMILES string of the molecule is Cc1cc(C)c2cc3cccc4c3c(c2n1)C=C4. The van der Waals surface area contributed by atoms with Gasteiger partial charge in [-0.2, -0.15) is 0 Å². The number of hydrogen-bond acceptors (Lipinski definition) is 1. The third-order valence-corrected chi connectivity index (χ3v) is 3.78. The molecule has 0 saturated carbocycles. The van der Waals surface area contributed by atoms with Gasteiger partial charge in [-0.1, -0.05) is 30.4 Å². The third kappa shape index (κ3) is 1.14. The van der Waals surface area contributed by atoms with Crippen molar-refractivity contribution in [2.75, 3.05) is 0 Å². The van der Waals surface area contributed by atoms with Crippen LogP contribution < -0.4 is 0 Å². The second-order valence-corrected chi connectivity index (χ2v) is 5.05. The van der Waals surface area contributed by atoms with Gasteiger partial charge >= 0.3 is 0 Å². The van der Waals surface area contributed by atoms with Gasteiger partial charge in [0.15, 0.2) is 0 Å². The highest BCUT2D eigenvalue weighted by atomic mass is 14.7. The second kappa shape index (κ2) is 3.20. The minimum atomic E-state index is 1.09. The van der Waals surface area contributed by atoms with Crippen LogP contribution in [0.3, 0.4) is 0 Å². The number of pyridine rings is 1. The number of rotatable bonds is 0. The van der Waals surface area contributed by atoms with Crippen LogP contribution >= 0.6 is 0 Å². The summed E-state index contributed by atoms with van der Waals surface area (Å²) in [6.45, 7) is 4.23. The molecule has 0 amide bonds. The second-order valence-electron chi connectivity index (χ2n) is 5.05. The molecule has 0 fully saturated rings. The minimum Gasteiger partial charge on any atom is -0.252 e. The predicted molar refractivity (Wildman–Crippen MR) is 77.7 cm³/mol. The molecule has 1 nitrogen and oxygen atoms in total. The smallest absolute Gasteiger partial charge is 0.0786 e. The first-order chi connectivity index (χ1) is 8.74. The number of fused-ring (bicyclic) bond motifs is 2. The zero-order valence-corrected chi connectivity index (χ0v) is 10.5. The molecule has 4 rings (SSSR count). The molecular weight excluding hydrogens is 218 g/mol. The first-order valence-corrected chi connectivity index (χ1v) is 6.26. The summed E-state index contributed by atoms with van der Waals surface area (Å²) in [5.74, 6) is 0. The number of aromatic nitrogens is 1. The molecule has 1 aliphatic rings. The first-order valence-electron chi connectivity index (χ1n) is 6.26. The van der Waals surface area contributed by atoms with Gasteiger partial charge in [0.05, 0.1) is 5.52 Å². The van der Waals surface area contributed by atoms with Gasteiger partial charge in [-0.05, 0) is 47.9 Å². The maximum absolute atomic E-state index is 4.74. The summed E-state index contributed by atoms with van der Waals surface area (Å²) in [6.07, 6.45) is 4.39. The van der Waals surface area contributed by atoms with Gasteiger partial charge in [-0.25, -0.2) is 0 Å². The van der Waals surface area contributed by atoms with Crippen molar-refractivity contribution in [3.8, 4) is 0 Å². The molecule has 1 aromatic heterocycles. The standard InChI is InChI=1S/C17H13N/c1-10-8-11(2)18-17-14-7-6-12-4-3-5-13(16(12)14)9-15(10)17/h3-9H,1-2H3. The Morgan fingerprint density at radius 2 is 1.89 bits per heavy atom. The van der Waals surface area contributed by atoms with Gasteiger partial charge in [-0.3, -0.25) is 4.98 Å². The molecule has 0 spiro atoms. The Kier molecular flexibility index (Phi) is 1.75. The van der Waals surface area contributed by atoms with Crippen molar-refractivity contribution in [3.63, 3.8) is 0 Å². The lowest BCUT2D eigenvalue weighted by molar-refractivity contribution is 1.23. The van der Waals surface area contributed by atoms with Gasteiger partial charge in [0.2, 0.25) is 0 Å². The molecule has 0 unspecified atom stereocenters. The van der Waals surface area contributed by atoms with E-state index in [1.165, 1.54) is 32.8 Å². The van der Waals surface area contributed by atoms with Crippen molar-refractivity contribution in [1.29, 1.82) is 0 Å². The van der Waals surface area contributed by atoms with Crippen LogP contribution in [0.5, 0.6) is 0 Å². The van der Waals surface area contributed by atoms with Crippen LogP contribution in [-0.4, -0.2) is 4.98 Å². The molecule has 0 aliphatic heterocycles. The van der Waals surface area contributed by atoms with Crippen LogP contribution in [0.2, 0.25) is 0 Å². The van der Waals surface area contributed by atoms with E-state index in [-0.39, 0.29) is 0 Å². The summed E-state index contributed by atoms with van der Waals surface area (Å²) in [6, 6.07) is 10.9. The number of hydrogen-bond donors (Lipinski definition) is 0. The summed E-state index contributed by atoms with van der Waals surface area (Å²) in [5, 5.41) is 3.93. The Morgan fingerprint density at radius 3 is 2.78 bits per heavy atom. The summed E-state index contributed by atoms with van der Waals surface area (Å²) in [5.41, 5.74) is 6.13. The fourth-order valence-electron chi connectivity index (χ4n) is 3.00. The molecule has 3 aromatic rings. The summed E-state index contributed by atoms with van der Waals surface area (Å²) < 4.78 is 0.